The largest absolute Gasteiger partial charge is 0.481 e. The zero-order chi connectivity index (χ0) is 17.3. The Bertz CT molecular complexity index is 819. The normalized spacial score (nSPS) is 10.0. The number of thioether (sulfide) groups is 1. The van der Waals surface area contributed by atoms with E-state index in [-0.39, 0.29) is 0 Å². The molecule has 3 rings (SSSR count). The highest BCUT2D eigenvalue weighted by atomic mass is 32.2. The third-order valence-electron chi connectivity index (χ3n) is 3.45. The van der Waals surface area contributed by atoms with Crippen molar-refractivity contribution in [1.29, 1.82) is 0 Å². The van der Waals surface area contributed by atoms with Gasteiger partial charge < -0.3 is 9.47 Å². The van der Waals surface area contributed by atoms with Crippen LogP contribution in [0.15, 0.2) is 83.8 Å². The summed E-state index contributed by atoms with van der Waals surface area (Å²) in [6.07, 6.45) is 5.18. The second-order valence-electron chi connectivity index (χ2n) is 5.31. The van der Waals surface area contributed by atoms with Crippen molar-refractivity contribution in [1.82, 2.24) is 0 Å². The van der Waals surface area contributed by atoms with E-state index in [2.05, 4.69) is 30.2 Å². The lowest BCUT2D eigenvalue weighted by Crippen LogP contribution is -1.93. The van der Waals surface area contributed by atoms with Crippen LogP contribution >= 0.6 is 11.8 Å². The Morgan fingerprint density at radius 1 is 0.760 bits per heavy atom. The maximum absolute atomic E-state index is 5.80. The molecule has 0 heterocycles. The van der Waals surface area contributed by atoms with E-state index < -0.39 is 0 Å². The fraction of sp³-hybridized carbons (Fsp3) is 0.0909. The monoisotopic (exact) mass is 346 g/mol. The van der Waals surface area contributed by atoms with E-state index in [9.17, 15) is 0 Å². The first-order valence-electron chi connectivity index (χ1n) is 7.94. The summed E-state index contributed by atoms with van der Waals surface area (Å²) in [4.78, 5) is 1.20. The molecular formula is C22H18O2S. The van der Waals surface area contributed by atoms with Gasteiger partial charge in [-0.25, -0.2) is 0 Å². The van der Waals surface area contributed by atoms with Crippen molar-refractivity contribution in [3.8, 4) is 29.6 Å². The van der Waals surface area contributed by atoms with Crippen molar-refractivity contribution in [2.75, 3.05) is 6.61 Å². The van der Waals surface area contributed by atoms with Gasteiger partial charge in [0.1, 0.15) is 23.9 Å². The van der Waals surface area contributed by atoms with Crippen LogP contribution in [0.1, 0.15) is 5.56 Å². The first-order chi connectivity index (χ1) is 12.3. The van der Waals surface area contributed by atoms with Crippen LogP contribution in [0.3, 0.4) is 0 Å². The van der Waals surface area contributed by atoms with E-state index in [0.717, 1.165) is 23.0 Å². The summed E-state index contributed by atoms with van der Waals surface area (Å²) in [5, 5.41) is 0. The molecule has 0 unspecified atom stereocenters. The Kier molecular flexibility index (Phi) is 6.03. The van der Waals surface area contributed by atoms with Crippen molar-refractivity contribution < 1.29 is 9.47 Å². The molecule has 0 amide bonds. The summed E-state index contributed by atoms with van der Waals surface area (Å²) in [6.45, 7) is 0.297. The number of hydrogen-bond donors (Lipinski definition) is 0. The van der Waals surface area contributed by atoms with Gasteiger partial charge in [-0.3, -0.25) is 0 Å². The van der Waals surface area contributed by atoms with Gasteiger partial charge >= 0.3 is 0 Å². The third-order valence-corrected chi connectivity index (χ3v) is 4.54. The van der Waals surface area contributed by atoms with Crippen LogP contribution in [0, 0.1) is 12.3 Å². The molecule has 3 aromatic carbocycles. The molecule has 25 heavy (non-hydrogen) atoms. The van der Waals surface area contributed by atoms with Gasteiger partial charge in [-0.15, -0.1) is 18.2 Å². The summed E-state index contributed by atoms with van der Waals surface area (Å²) in [6, 6.07) is 25.9. The second-order valence-corrected chi connectivity index (χ2v) is 6.36. The van der Waals surface area contributed by atoms with Gasteiger partial charge in [-0.1, -0.05) is 36.3 Å². The molecule has 0 bridgehead atoms. The smallest absolute Gasteiger partial charge is 0.148 e. The molecule has 124 valence electrons. The fourth-order valence-electron chi connectivity index (χ4n) is 2.20. The van der Waals surface area contributed by atoms with Crippen molar-refractivity contribution in [2.45, 2.75) is 10.6 Å². The van der Waals surface area contributed by atoms with Gasteiger partial charge in [0.15, 0.2) is 0 Å². The fourth-order valence-corrected chi connectivity index (χ4v) is 3.06. The highest BCUT2D eigenvalue weighted by Gasteiger charge is 2.00. The number of terminal acetylenes is 1. The van der Waals surface area contributed by atoms with E-state index >= 15 is 0 Å². The summed E-state index contributed by atoms with van der Waals surface area (Å²) in [5.74, 6) is 5.84. The minimum atomic E-state index is 0.297. The lowest BCUT2D eigenvalue weighted by molar-refractivity contribution is 0.370. The van der Waals surface area contributed by atoms with Crippen LogP contribution < -0.4 is 9.47 Å². The first-order valence-corrected chi connectivity index (χ1v) is 8.93. The van der Waals surface area contributed by atoms with Gasteiger partial charge in [-0.2, -0.15) is 0 Å². The number of rotatable bonds is 7. The maximum Gasteiger partial charge on any atom is 0.148 e. The molecule has 0 saturated carbocycles. The van der Waals surface area contributed by atoms with E-state index in [0.29, 0.717) is 6.61 Å². The highest BCUT2D eigenvalue weighted by Crippen LogP contribution is 2.27. The van der Waals surface area contributed by atoms with Crippen LogP contribution in [0.2, 0.25) is 0 Å². The SMILES string of the molecule is C#CCOc1ccc(CSc2ccc(Oc3ccccc3)cc2)cc1. The zero-order valence-corrected chi connectivity index (χ0v) is 14.5. The Morgan fingerprint density at radius 3 is 2.08 bits per heavy atom. The highest BCUT2D eigenvalue weighted by molar-refractivity contribution is 7.98. The van der Waals surface area contributed by atoms with Gasteiger partial charge in [0.25, 0.3) is 0 Å². The van der Waals surface area contributed by atoms with Gasteiger partial charge in [0.2, 0.25) is 0 Å². The Morgan fingerprint density at radius 2 is 1.40 bits per heavy atom. The average Bonchev–Trinajstić information content (AvgIpc) is 2.67. The lowest BCUT2D eigenvalue weighted by atomic mass is 10.2. The number of benzene rings is 3. The molecule has 3 aromatic rings. The molecule has 2 nitrogen and oxygen atoms in total. The molecule has 0 atom stereocenters. The van der Waals surface area contributed by atoms with Crippen molar-refractivity contribution >= 4 is 11.8 Å². The predicted molar refractivity (Wildman–Crippen MR) is 103 cm³/mol. The third kappa shape index (κ3) is 5.34. The summed E-state index contributed by atoms with van der Waals surface area (Å²) in [7, 11) is 0. The molecule has 0 spiro atoms. The summed E-state index contributed by atoms with van der Waals surface area (Å²) >= 11 is 1.78. The number of hydrogen-bond acceptors (Lipinski definition) is 3. The minimum Gasteiger partial charge on any atom is -0.481 e. The second kappa shape index (κ2) is 8.86. The van der Waals surface area contributed by atoms with Crippen LogP contribution in [0.25, 0.3) is 0 Å². The maximum atomic E-state index is 5.80. The molecule has 0 aromatic heterocycles. The lowest BCUT2D eigenvalue weighted by Gasteiger charge is -2.07. The molecule has 0 aliphatic carbocycles. The molecule has 0 aliphatic heterocycles. The Hall–Kier alpha value is -2.83. The quantitative estimate of drug-likeness (QED) is 0.399. The molecule has 0 aliphatic rings. The standard InChI is InChI=1S/C22H18O2S/c1-2-16-23-19-10-8-18(9-11-19)17-25-22-14-12-21(13-15-22)24-20-6-4-3-5-7-20/h1,3-15H,16-17H2. The molecule has 0 fully saturated rings. The van der Waals surface area contributed by atoms with Crippen LogP contribution in [0.5, 0.6) is 17.2 Å². The minimum absolute atomic E-state index is 0.297. The molecule has 0 saturated heterocycles. The van der Waals surface area contributed by atoms with Gasteiger partial charge in [0.05, 0.1) is 0 Å². The van der Waals surface area contributed by atoms with Crippen LogP contribution in [-0.2, 0) is 5.75 Å². The van der Waals surface area contributed by atoms with E-state index in [4.69, 9.17) is 15.9 Å². The zero-order valence-electron chi connectivity index (χ0n) is 13.7. The Labute approximate surface area is 152 Å². The predicted octanol–water partition coefficient (Wildman–Crippen LogP) is 5.78. The summed E-state index contributed by atoms with van der Waals surface area (Å²) in [5.41, 5.74) is 1.24. The van der Waals surface area contributed by atoms with E-state index in [1.54, 1.807) is 11.8 Å². The average molecular weight is 346 g/mol. The van der Waals surface area contributed by atoms with Crippen molar-refractivity contribution in [2.24, 2.45) is 0 Å². The van der Waals surface area contributed by atoms with Crippen LogP contribution in [-0.4, -0.2) is 6.61 Å². The van der Waals surface area contributed by atoms with E-state index in [1.165, 1.54) is 10.5 Å². The molecule has 0 radical (unpaired) electrons. The number of para-hydroxylation sites is 1. The molecule has 0 N–H and O–H groups in total. The summed E-state index contributed by atoms with van der Waals surface area (Å²) < 4.78 is 11.2. The number of ether oxygens (including phenoxy) is 2. The molecule has 3 heteroatoms. The van der Waals surface area contributed by atoms with Gasteiger partial charge in [-0.05, 0) is 54.1 Å². The van der Waals surface area contributed by atoms with Crippen molar-refractivity contribution in [3.63, 3.8) is 0 Å². The van der Waals surface area contributed by atoms with Gasteiger partial charge in [0, 0.05) is 10.6 Å². The van der Waals surface area contributed by atoms with E-state index in [1.807, 2.05) is 54.6 Å². The topological polar surface area (TPSA) is 18.5 Å². The molecular weight excluding hydrogens is 328 g/mol. The van der Waals surface area contributed by atoms with Crippen molar-refractivity contribution in [3.05, 3.63) is 84.4 Å². The first kappa shape index (κ1) is 17.0. The Balaban J connectivity index is 1.52. The van der Waals surface area contributed by atoms with Crippen LogP contribution in [0.4, 0.5) is 0 Å².